The summed E-state index contributed by atoms with van der Waals surface area (Å²) in [5.41, 5.74) is 2.91. The zero-order chi connectivity index (χ0) is 13.7. The monoisotopic (exact) mass is 262 g/mol. The fraction of sp³-hybridized carbons (Fsp3) is 0.429. The van der Waals surface area contributed by atoms with Crippen molar-refractivity contribution >= 4 is 17.6 Å². The van der Waals surface area contributed by atoms with Crippen LogP contribution in [0.2, 0.25) is 0 Å². The third-order valence-electron chi connectivity index (χ3n) is 3.16. The molecule has 0 bridgehead atoms. The van der Waals surface area contributed by atoms with E-state index in [-0.39, 0.29) is 12.3 Å². The second-order valence-corrected chi connectivity index (χ2v) is 4.66. The molecule has 5 nitrogen and oxygen atoms in total. The van der Waals surface area contributed by atoms with Gasteiger partial charge in [0, 0.05) is 30.8 Å². The highest BCUT2D eigenvalue weighted by atomic mass is 16.4. The molecular weight excluding hydrogens is 244 g/mol. The minimum atomic E-state index is -0.839. The molecule has 1 aromatic carbocycles. The molecule has 1 amide bonds. The van der Waals surface area contributed by atoms with Crippen LogP contribution < -0.4 is 10.6 Å². The number of fused-ring (bicyclic) bond motifs is 1. The Morgan fingerprint density at radius 1 is 1.37 bits per heavy atom. The molecule has 0 atom stereocenters. The van der Waals surface area contributed by atoms with Gasteiger partial charge < -0.3 is 15.7 Å². The lowest BCUT2D eigenvalue weighted by Crippen LogP contribution is -2.25. The SMILES string of the molecule is O=C(O)CCCNC(=O)c1ccc2c(c1)CCCN2. The quantitative estimate of drug-likeness (QED) is 0.705. The maximum atomic E-state index is 11.9. The van der Waals surface area contributed by atoms with Crippen molar-refractivity contribution in [3.63, 3.8) is 0 Å². The van der Waals surface area contributed by atoms with Crippen LogP contribution in [0.25, 0.3) is 0 Å². The zero-order valence-corrected chi connectivity index (χ0v) is 10.7. The van der Waals surface area contributed by atoms with Gasteiger partial charge >= 0.3 is 5.97 Å². The first-order valence-corrected chi connectivity index (χ1v) is 6.53. The van der Waals surface area contributed by atoms with E-state index in [0.717, 1.165) is 25.1 Å². The summed E-state index contributed by atoms with van der Waals surface area (Å²) in [5, 5.41) is 14.5. The van der Waals surface area contributed by atoms with Crippen molar-refractivity contribution in [1.82, 2.24) is 5.32 Å². The number of nitrogens with one attached hydrogen (secondary N) is 2. The first-order chi connectivity index (χ1) is 9.16. The number of hydrogen-bond donors (Lipinski definition) is 3. The molecule has 0 fully saturated rings. The van der Waals surface area contributed by atoms with Crippen LogP contribution in [-0.2, 0) is 11.2 Å². The van der Waals surface area contributed by atoms with Crippen LogP contribution in [0.4, 0.5) is 5.69 Å². The minimum Gasteiger partial charge on any atom is -0.481 e. The van der Waals surface area contributed by atoms with Crippen LogP contribution in [0.3, 0.4) is 0 Å². The molecule has 1 aliphatic heterocycles. The van der Waals surface area contributed by atoms with E-state index in [1.54, 1.807) is 6.07 Å². The highest BCUT2D eigenvalue weighted by Gasteiger charge is 2.12. The Balaban J connectivity index is 1.90. The number of anilines is 1. The third-order valence-corrected chi connectivity index (χ3v) is 3.16. The Hall–Kier alpha value is -2.04. The summed E-state index contributed by atoms with van der Waals surface area (Å²) >= 11 is 0. The van der Waals surface area contributed by atoms with Gasteiger partial charge in [-0.1, -0.05) is 0 Å². The van der Waals surface area contributed by atoms with Gasteiger partial charge in [0.05, 0.1) is 0 Å². The van der Waals surface area contributed by atoms with Gasteiger partial charge in [0.25, 0.3) is 5.91 Å². The van der Waals surface area contributed by atoms with Crippen molar-refractivity contribution in [3.05, 3.63) is 29.3 Å². The topological polar surface area (TPSA) is 78.4 Å². The first kappa shape index (κ1) is 13.4. The van der Waals surface area contributed by atoms with E-state index in [4.69, 9.17) is 5.11 Å². The molecule has 0 aromatic heterocycles. The van der Waals surface area contributed by atoms with Crippen LogP contribution in [0.5, 0.6) is 0 Å². The Morgan fingerprint density at radius 2 is 2.21 bits per heavy atom. The average Bonchev–Trinajstić information content (AvgIpc) is 2.42. The fourth-order valence-corrected chi connectivity index (χ4v) is 2.16. The van der Waals surface area contributed by atoms with Crippen molar-refractivity contribution in [2.75, 3.05) is 18.4 Å². The van der Waals surface area contributed by atoms with Gasteiger partial charge in [-0.05, 0) is 43.0 Å². The fourth-order valence-electron chi connectivity index (χ4n) is 2.16. The van der Waals surface area contributed by atoms with E-state index in [1.807, 2.05) is 12.1 Å². The van der Waals surface area contributed by atoms with E-state index in [9.17, 15) is 9.59 Å². The standard InChI is InChI=1S/C14H18N2O3/c17-13(18)4-2-8-16-14(19)11-5-6-12-10(9-11)3-1-7-15-12/h5-6,9,15H,1-4,7-8H2,(H,16,19)(H,17,18). The number of hydrogen-bond acceptors (Lipinski definition) is 3. The highest BCUT2D eigenvalue weighted by molar-refractivity contribution is 5.95. The zero-order valence-electron chi connectivity index (χ0n) is 10.7. The van der Waals surface area contributed by atoms with Crippen LogP contribution in [0.15, 0.2) is 18.2 Å². The summed E-state index contributed by atoms with van der Waals surface area (Å²) in [5.74, 6) is -0.979. The van der Waals surface area contributed by atoms with E-state index in [2.05, 4.69) is 10.6 Å². The van der Waals surface area contributed by atoms with Crippen LogP contribution in [0.1, 0.15) is 35.2 Å². The molecule has 1 heterocycles. The number of benzene rings is 1. The summed E-state index contributed by atoms with van der Waals surface area (Å²) in [7, 11) is 0. The maximum Gasteiger partial charge on any atom is 0.303 e. The van der Waals surface area contributed by atoms with Crippen molar-refractivity contribution in [2.24, 2.45) is 0 Å². The molecule has 102 valence electrons. The van der Waals surface area contributed by atoms with Crippen LogP contribution in [-0.4, -0.2) is 30.1 Å². The lowest BCUT2D eigenvalue weighted by atomic mass is 10.0. The molecule has 0 unspecified atom stereocenters. The van der Waals surface area contributed by atoms with E-state index < -0.39 is 5.97 Å². The highest BCUT2D eigenvalue weighted by Crippen LogP contribution is 2.22. The van der Waals surface area contributed by atoms with Crippen molar-refractivity contribution in [1.29, 1.82) is 0 Å². The number of amides is 1. The number of rotatable bonds is 5. The number of carboxylic acid groups (broad SMARTS) is 1. The summed E-state index contributed by atoms with van der Waals surface area (Å²) in [6, 6.07) is 5.64. The number of carboxylic acids is 1. The molecule has 0 aliphatic carbocycles. The first-order valence-electron chi connectivity index (χ1n) is 6.53. The summed E-state index contributed by atoms with van der Waals surface area (Å²) < 4.78 is 0. The van der Waals surface area contributed by atoms with Crippen LogP contribution in [0, 0.1) is 0 Å². The number of aliphatic carboxylic acids is 1. The van der Waals surface area contributed by atoms with Gasteiger partial charge in [0.1, 0.15) is 0 Å². The lowest BCUT2D eigenvalue weighted by Gasteiger charge is -2.18. The van der Waals surface area contributed by atoms with E-state index >= 15 is 0 Å². The number of carbonyl (C=O) groups is 2. The molecule has 0 spiro atoms. The molecule has 5 heteroatoms. The molecule has 0 radical (unpaired) electrons. The molecule has 19 heavy (non-hydrogen) atoms. The Morgan fingerprint density at radius 3 is 3.00 bits per heavy atom. The predicted octanol–water partition coefficient (Wildman–Crippen LogP) is 1.64. The van der Waals surface area contributed by atoms with Gasteiger partial charge in [-0.3, -0.25) is 9.59 Å². The van der Waals surface area contributed by atoms with Crippen molar-refractivity contribution in [2.45, 2.75) is 25.7 Å². The molecular formula is C14H18N2O3. The van der Waals surface area contributed by atoms with Crippen LogP contribution >= 0.6 is 0 Å². The van der Waals surface area contributed by atoms with Crippen molar-refractivity contribution < 1.29 is 14.7 Å². The number of aryl methyl sites for hydroxylation is 1. The minimum absolute atomic E-state index is 0.0778. The predicted molar refractivity (Wildman–Crippen MR) is 72.5 cm³/mol. The van der Waals surface area contributed by atoms with E-state index in [0.29, 0.717) is 18.5 Å². The third kappa shape index (κ3) is 3.71. The normalized spacial score (nSPS) is 13.3. The van der Waals surface area contributed by atoms with Gasteiger partial charge in [0.15, 0.2) is 0 Å². The maximum absolute atomic E-state index is 11.9. The molecule has 0 saturated heterocycles. The largest absolute Gasteiger partial charge is 0.481 e. The Kier molecular flexibility index (Phi) is 4.39. The molecule has 3 N–H and O–H groups in total. The summed E-state index contributed by atoms with van der Waals surface area (Å²) in [6.45, 7) is 1.37. The van der Waals surface area contributed by atoms with E-state index in [1.165, 1.54) is 5.56 Å². The molecule has 2 rings (SSSR count). The van der Waals surface area contributed by atoms with Gasteiger partial charge in [-0.25, -0.2) is 0 Å². The second kappa shape index (κ2) is 6.22. The van der Waals surface area contributed by atoms with Gasteiger partial charge in [0.2, 0.25) is 0 Å². The Bertz CT molecular complexity index is 486. The average molecular weight is 262 g/mol. The Labute approximate surface area is 112 Å². The molecule has 1 aromatic rings. The smallest absolute Gasteiger partial charge is 0.303 e. The van der Waals surface area contributed by atoms with Gasteiger partial charge in [-0.15, -0.1) is 0 Å². The second-order valence-electron chi connectivity index (χ2n) is 4.66. The molecule has 0 saturated carbocycles. The van der Waals surface area contributed by atoms with Crippen molar-refractivity contribution in [3.8, 4) is 0 Å². The van der Waals surface area contributed by atoms with Gasteiger partial charge in [-0.2, -0.15) is 0 Å². The molecule has 1 aliphatic rings. The lowest BCUT2D eigenvalue weighted by molar-refractivity contribution is -0.137. The number of carbonyl (C=O) groups excluding carboxylic acids is 1. The summed E-state index contributed by atoms with van der Waals surface area (Å²) in [4.78, 5) is 22.3. The summed E-state index contributed by atoms with van der Waals surface area (Å²) in [6.07, 6.45) is 2.60.